The molecule has 1 unspecified atom stereocenters. The second-order valence-corrected chi connectivity index (χ2v) is 8.85. The second kappa shape index (κ2) is 9.56. The predicted octanol–water partition coefficient (Wildman–Crippen LogP) is 6.24. The molecular formula is C31H27NO3. The van der Waals surface area contributed by atoms with Gasteiger partial charge in [-0.2, -0.15) is 0 Å². The van der Waals surface area contributed by atoms with Gasteiger partial charge in [-0.1, -0.05) is 72.1 Å². The van der Waals surface area contributed by atoms with E-state index < -0.39 is 0 Å². The van der Waals surface area contributed by atoms with Gasteiger partial charge in [0.15, 0.2) is 11.5 Å². The van der Waals surface area contributed by atoms with Crippen LogP contribution in [-0.2, 0) is 11.4 Å². The van der Waals surface area contributed by atoms with E-state index in [4.69, 9.17) is 15.9 Å². The lowest BCUT2D eigenvalue weighted by Crippen LogP contribution is -2.37. The van der Waals surface area contributed by atoms with Gasteiger partial charge in [0.05, 0.1) is 13.7 Å². The van der Waals surface area contributed by atoms with Crippen molar-refractivity contribution in [2.24, 2.45) is 0 Å². The van der Waals surface area contributed by atoms with Crippen LogP contribution in [0, 0.1) is 19.3 Å². The number of carbonyl (C=O) groups is 1. The Labute approximate surface area is 206 Å². The Morgan fingerprint density at radius 2 is 1.86 bits per heavy atom. The topological polar surface area (TPSA) is 38.8 Å². The van der Waals surface area contributed by atoms with Gasteiger partial charge >= 0.3 is 0 Å². The summed E-state index contributed by atoms with van der Waals surface area (Å²) in [5.41, 5.74) is 5.30. The number of carbonyl (C=O) groups excluding carboxylic acids is 1. The zero-order valence-corrected chi connectivity index (χ0v) is 20.0. The van der Waals surface area contributed by atoms with Gasteiger partial charge in [0.2, 0.25) is 5.91 Å². The first-order chi connectivity index (χ1) is 17.1. The number of anilines is 1. The number of nitrogens with zero attached hydrogens (tertiary/aromatic N) is 1. The molecule has 0 N–H and O–H groups in total. The number of hydrogen-bond acceptors (Lipinski definition) is 3. The van der Waals surface area contributed by atoms with Crippen molar-refractivity contribution in [3.63, 3.8) is 0 Å². The van der Waals surface area contributed by atoms with Crippen molar-refractivity contribution in [1.29, 1.82) is 0 Å². The summed E-state index contributed by atoms with van der Waals surface area (Å²) < 4.78 is 11.8. The van der Waals surface area contributed by atoms with Crippen LogP contribution in [-0.4, -0.2) is 19.6 Å². The molecule has 0 bridgehead atoms. The molecule has 0 aliphatic carbocycles. The van der Waals surface area contributed by atoms with E-state index in [1.165, 1.54) is 5.56 Å². The molecule has 0 fully saturated rings. The van der Waals surface area contributed by atoms with Crippen molar-refractivity contribution >= 4 is 22.4 Å². The minimum absolute atomic E-state index is 0.0227. The molecular weight excluding hydrogens is 434 g/mol. The number of fused-ring (bicyclic) bond motifs is 3. The summed E-state index contributed by atoms with van der Waals surface area (Å²) in [7, 11) is 1.64. The van der Waals surface area contributed by atoms with Crippen molar-refractivity contribution in [2.75, 3.05) is 18.6 Å². The van der Waals surface area contributed by atoms with Crippen LogP contribution in [0.1, 0.15) is 34.6 Å². The van der Waals surface area contributed by atoms with E-state index in [0.717, 1.165) is 33.2 Å². The van der Waals surface area contributed by atoms with Crippen molar-refractivity contribution in [3.05, 3.63) is 101 Å². The van der Waals surface area contributed by atoms with E-state index in [9.17, 15) is 4.79 Å². The molecule has 1 aliphatic rings. The lowest BCUT2D eigenvalue weighted by atomic mass is 9.81. The fourth-order valence-electron chi connectivity index (χ4n) is 4.94. The zero-order chi connectivity index (χ0) is 24.4. The van der Waals surface area contributed by atoms with Gasteiger partial charge in [-0.25, -0.2) is 0 Å². The van der Waals surface area contributed by atoms with Gasteiger partial charge in [0.1, 0.15) is 6.61 Å². The summed E-state index contributed by atoms with van der Waals surface area (Å²) in [4.78, 5) is 14.9. The Morgan fingerprint density at radius 3 is 2.66 bits per heavy atom. The Kier molecular flexibility index (Phi) is 6.16. The van der Waals surface area contributed by atoms with Crippen molar-refractivity contribution in [1.82, 2.24) is 0 Å². The highest BCUT2D eigenvalue weighted by molar-refractivity contribution is 6.03. The minimum Gasteiger partial charge on any atom is -0.493 e. The standard InChI is InChI=1S/C31H27NO3/c1-4-16-32-27-14-12-23-10-5-6-11-25(23)31(27)26(19-30(32)33)24-13-15-28(29(18-24)34-3)35-20-22-9-7-8-21(2)17-22/h1,5-15,17-18,26H,16,19-20H2,2-3H3. The summed E-state index contributed by atoms with van der Waals surface area (Å²) in [6, 6.07) is 26.5. The smallest absolute Gasteiger partial charge is 0.228 e. The SMILES string of the molecule is C#CCN1C(=O)CC(c2ccc(OCc3cccc(C)c3)c(OC)c2)c2c1ccc1ccccc21. The Morgan fingerprint density at radius 1 is 1.00 bits per heavy atom. The molecule has 1 heterocycles. The highest BCUT2D eigenvalue weighted by Gasteiger charge is 2.33. The lowest BCUT2D eigenvalue weighted by Gasteiger charge is -2.34. The molecule has 1 aliphatic heterocycles. The summed E-state index contributed by atoms with van der Waals surface area (Å²) >= 11 is 0. The molecule has 0 saturated carbocycles. The maximum absolute atomic E-state index is 13.1. The Balaban J connectivity index is 1.54. The third-order valence-corrected chi connectivity index (χ3v) is 6.58. The van der Waals surface area contributed by atoms with Crippen LogP contribution in [0.2, 0.25) is 0 Å². The van der Waals surface area contributed by atoms with Crippen LogP contribution in [0.3, 0.4) is 0 Å². The summed E-state index contributed by atoms with van der Waals surface area (Å²) in [5, 5.41) is 2.26. The molecule has 5 rings (SSSR count). The number of hydrogen-bond donors (Lipinski definition) is 0. The highest BCUT2D eigenvalue weighted by Crippen LogP contribution is 2.45. The van der Waals surface area contributed by atoms with Crippen LogP contribution >= 0.6 is 0 Å². The van der Waals surface area contributed by atoms with E-state index in [1.54, 1.807) is 12.0 Å². The molecule has 4 aromatic carbocycles. The minimum atomic E-state index is -0.114. The first kappa shape index (κ1) is 22.6. The molecule has 0 radical (unpaired) electrons. The van der Waals surface area contributed by atoms with E-state index in [2.05, 4.69) is 43.2 Å². The fraction of sp³-hybridized carbons (Fsp3) is 0.194. The molecule has 0 spiro atoms. The number of methoxy groups -OCH3 is 1. The van der Waals surface area contributed by atoms with E-state index in [0.29, 0.717) is 24.5 Å². The van der Waals surface area contributed by atoms with Gasteiger partial charge in [-0.3, -0.25) is 4.79 Å². The molecule has 4 heteroatoms. The number of ether oxygens (including phenoxy) is 2. The number of aryl methyl sites for hydroxylation is 1. The van der Waals surface area contributed by atoms with E-state index in [-0.39, 0.29) is 18.4 Å². The summed E-state index contributed by atoms with van der Waals surface area (Å²) in [6.07, 6.45) is 5.94. The molecule has 1 amide bonds. The van der Waals surface area contributed by atoms with Gasteiger partial charge in [0.25, 0.3) is 0 Å². The third kappa shape index (κ3) is 4.34. The van der Waals surface area contributed by atoms with E-state index in [1.807, 2.05) is 48.5 Å². The normalized spacial score (nSPS) is 14.9. The number of rotatable bonds is 6. The average Bonchev–Trinajstić information content (AvgIpc) is 2.88. The van der Waals surface area contributed by atoms with Crippen molar-refractivity contribution in [2.45, 2.75) is 25.9 Å². The lowest BCUT2D eigenvalue weighted by molar-refractivity contribution is -0.119. The predicted molar refractivity (Wildman–Crippen MR) is 140 cm³/mol. The monoisotopic (exact) mass is 461 g/mol. The number of terminal acetylenes is 1. The summed E-state index contributed by atoms with van der Waals surface area (Å²) in [6.45, 7) is 2.77. The van der Waals surface area contributed by atoms with Crippen LogP contribution in [0.25, 0.3) is 10.8 Å². The number of benzene rings is 4. The van der Waals surface area contributed by atoms with Crippen molar-refractivity contribution < 1.29 is 14.3 Å². The van der Waals surface area contributed by atoms with Crippen LogP contribution in [0.4, 0.5) is 5.69 Å². The Hall–Kier alpha value is -4.23. The maximum Gasteiger partial charge on any atom is 0.228 e. The van der Waals surface area contributed by atoms with Gasteiger partial charge in [0, 0.05) is 18.0 Å². The highest BCUT2D eigenvalue weighted by atomic mass is 16.5. The zero-order valence-electron chi connectivity index (χ0n) is 20.0. The molecule has 0 aromatic heterocycles. The van der Waals surface area contributed by atoms with Crippen LogP contribution in [0.15, 0.2) is 78.9 Å². The molecule has 35 heavy (non-hydrogen) atoms. The molecule has 174 valence electrons. The van der Waals surface area contributed by atoms with Gasteiger partial charge in [-0.15, -0.1) is 6.42 Å². The van der Waals surface area contributed by atoms with E-state index >= 15 is 0 Å². The van der Waals surface area contributed by atoms with Crippen LogP contribution < -0.4 is 14.4 Å². The molecule has 4 nitrogen and oxygen atoms in total. The largest absolute Gasteiger partial charge is 0.493 e. The second-order valence-electron chi connectivity index (χ2n) is 8.85. The van der Waals surface area contributed by atoms with Gasteiger partial charge < -0.3 is 14.4 Å². The molecule has 4 aromatic rings. The van der Waals surface area contributed by atoms with Crippen LogP contribution in [0.5, 0.6) is 11.5 Å². The fourth-order valence-corrected chi connectivity index (χ4v) is 4.94. The first-order valence-corrected chi connectivity index (χ1v) is 11.7. The number of amides is 1. The Bertz CT molecular complexity index is 1450. The molecule has 0 saturated heterocycles. The quantitative estimate of drug-likeness (QED) is 0.319. The maximum atomic E-state index is 13.1. The average molecular weight is 462 g/mol. The molecule has 1 atom stereocenters. The van der Waals surface area contributed by atoms with Gasteiger partial charge in [-0.05, 0) is 52.6 Å². The van der Waals surface area contributed by atoms with Crippen molar-refractivity contribution in [3.8, 4) is 23.8 Å². The summed E-state index contributed by atoms with van der Waals surface area (Å²) in [5.74, 6) is 3.87. The third-order valence-electron chi connectivity index (χ3n) is 6.58. The first-order valence-electron chi connectivity index (χ1n) is 11.7.